The summed E-state index contributed by atoms with van der Waals surface area (Å²) in [7, 11) is 1.58. The molecule has 0 spiro atoms. The summed E-state index contributed by atoms with van der Waals surface area (Å²) in [6, 6.07) is 7.30. The zero-order chi connectivity index (χ0) is 12.8. The fraction of sp³-hybridized carbons (Fsp3) is 0.500. The molecule has 4 heteroatoms. The summed E-state index contributed by atoms with van der Waals surface area (Å²) in [5.74, 6) is 1.85. The first kappa shape index (κ1) is 12.7. The summed E-state index contributed by atoms with van der Waals surface area (Å²) >= 11 is 0. The van der Waals surface area contributed by atoms with Crippen LogP contribution in [-0.4, -0.2) is 26.9 Å². The molecule has 2 rings (SSSR count). The molecule has 1 saturated heterocycles. The van der Waals surface area contributed by atoms with Crippen molar-refractivity contribution in [3.8, 4) is 17.6 Å². The highest BCUT2D eigenvalue weighted by Gasteiger charge is 2.15. The predicted molar refractivity (Wildman–Crippen MR) is 66.7 cm³/mol. The van der Waals surface area contributed by atoms with E-state index in [1.807, 2.05) is 0 Å². The molecular weight excluding hydrogens is 230 g/mol. The summed E-state index contributed by atoms with van der Waals surface area (Å²) in [6.07, 6.45) is 2.08. The lowest BCUT2D eigenvalue weighted by Crippen LogP contribution is -2.21. The number of nitriles is 1. The molecule has 1 fully saturated rings. The number of methoxy groups -OCH3 is 1. The van der Waals surface area contributed by atoms with Crippen molar-refractivity contribution >= 4 is 0 Å². The minimum atomic E-state index is 0.541. The minimum absolute atomic E-state index is 0.541. The van der Waals surface area contributed by atoms with Crippen molar-refractivity contribution in [2.24, 2.45) is 5.92 Å². The molecule has 1 aliphatic heterocycles. The second-order valence-corrected chi connectivity index (χ2v) is 4.34. The van der Waals surface area contributed by atoms with E-state index < -0.39 is 0 Å². The van der Waals surface area contributed by atoms with Gasteiger partial charge in [0.1, 0.15) is 0 Å². The van der Waals surface area contributed by atoms with Crippen molar-refractivity contribution in [1.29, 1.82) is 5.26 Å². The van der Waals surface area contributed by atoms with Gasteiger partial charge in [-0.2, -0.15) is 5.26 Å². The van der Waals surface area contributed by atoms with E-state index in [0.717, 1.165) is 26.1 Å². The van der Waals surface area contributed by atoms with Gasteiger partial charge in [0.25, 0.3) is 0 Å². The highest BCUT2D eigenvalue weighted by atomic mass is 16.5. The van der Waals surface area contributed by atoms with E-state index in [1.165, 1.54) is 0 Å². The maximum Gasteiger partial charge on any atom is 0.162 e. The average Bonchev–Trinajstić information content (AvgIpc) is 2.46. The number of nitrogens with zero attached hydrogens (tertiary/aromatic N) is 1. The molecule has 0 aliphatic carbocycles. The third-order valence-electron chi connectivity index (χ3n) is 3.11. The molecule has 4 nitrogen and oxygen atoms in total. The SMILES string of the molecule is COc1cc(C#N)ccc1OCC1CCOCC1. The number of hydrogen-bond donors (Lipinski definition) is 0. The van der Waals surface area contributed by atoms with E-state index in [2.05, 4.69) is 6.07 Å². The van der Waals surface area contributed by atoms with E-state index in [-0.39, 0.29) is 0 Å². The molecule has 0 aromatic heterocycles. The van der Waals surface area contributed by atoms with Crippen molar-refractivity contribution in [1.82, 2.24) is 0 Å². The standard InChI is InChI=1S/C14H17NO3/c1-16-14-8-12(9-15)2-3-13(14)18-10-11-4-6-17-7-5-11/h2-3,8,11H,4-7,10H2,1H3. The van der Waals surface area contributed by atoms with Gasteiger partial charge in [0.15, 0.2) is 11.5 Å². The number of rotatable bonds is 4. The third-order valence-corrected chi connectivity index (χ3v) is 3.11. The third kappa shape index (κ3) is 3.14. The van der Waals surface area contributed by atoms with E-state index in [9.17, 15) is 0 Å². The highest BCUT2D eigenvalue weighted by molar-refractivity contribution is 5.46. The van der Waals surface area contributed by atoms with E-state index in [0.29, 0.717) is 29.6 Å². The van der Waals surface area contributed by atoms with Crippen LogP contribution in [-0.2, 0) is 4.74 Å². The summed E-state index contributed by atoms with van der Waals surface area (Å²) in [4.78, 5) is 0. The molecule has 0 atom stereocenters. The zero-order valence-electron chi connectivity index (χ0n) is 10.5. The first-order chi connectivity index (χ1) is 8.83. The van der Waals surface area contributed by atoms with Gasteiger partial charge >= 0.3 is 0 Å². The van der Waals surface area contributed by atoms with Crippen LogP contribution in [0.5, 0.6) is 11.5 Å². The Hall–Kier alpha value is -1.73. The van der Waals surface area contributed by atoms with Crippen LogP contribution in [0.15, 0.2) is 18.2 Å². The first-order valence-corrected chi connectivity index (χ1v) is 6.12. The topological polar surface area (TPSA) is 51.5 Å². The van der Waals surface area contributed by atoms with Crippen LogP contribution < -0.4 is 9.47 Å². The summed E-state index contributed by atoms with van der Waals surface area (Å²) < 4.78 is 16.3. The van der Waals surface area contributed by atoms with Crippen LogP contribution in [0.25, 0.3) is 0 Å². The molecule has 18 heavy (non-hydrogen) atoms. The lowest BCUT2D eigenvalue weighted by Gasteiger charge is -2.22. The van der Waals surface area contributed by atoms with E-state index in [4.69, 9.17) is 19.5 Å². The van der Waals surface area contributed by atoms with Crippen LogP contribution in [0.4, 0.5) is 0 Å². The van der Waals surface area contributed by atoms with Crippen LogP contribution in [0.3, 0.4) is 0 Å². The monoisotopic (exact) mass is 247 g/mol. The Labute approximate surface area is 107 Å². The quantitative estimate of drug-likeness (QED) is 0.819. The van der Waals surface area contributed by atoms with Crippen molar-refractivity contribution in [3.05, 3.63) is 23.8 Å². The van der Waals surface area contributed by atoms with Crippen LogP contribution in [0.2, 0.25) is 0 Å². The van der Waals surface area contributed by atoms with Crippen LogP contribution in [0, 0.1) is 17.2 Å². The lowest BCUT2D eigenvalue weighted by atomic mass is 10.0. The lowest BCUT2D eigenvalue weighted by molar-refractivity contribution is 0.0493. The predicted octanol–water partition coefficient (Wildman–Crippen LogP) is 2.37. The van der Waals surface area contributed by atoms with Crippen LogP contribution >= 0.6 is 0 Å². The van der Waals surface area contributed by atoms with Gasteiger partial charge in [-0.05, 0) is 30.9 Å². The van der Waals surface area contributed by atoms with Gasteiger partial charge in [0.05, 0.1) is 25.3 Å². The molecule has 0 bridgehead atoms. The summed E-state index contributed by atoms with van der Waals surface area (Å²) in [5, 5.41) is 8.82. The van der Waals surface area contributed by atoms with Crippen molar-refractivity contribution in [2.75, 3.05) is 26.9 Å². The number of ether oxygens (including phenoxy) is 3. The van der Waals surface area contributed by atoms with Gasteiger partial charge < -0.3 is 14.2 Å². The minimum Gasteiger partial charge on any atom is -0.493 e. The van der Waals surface area contributed by atoms with E-state index in [1.54, 1.807) is 25.3 Å². The number of benzene rings is 1. The average molecular weight is 247 g/mol. The van der Waals surface area contributed by atoms with Gasteiger partial charge in [0.2, 0.25) is 0 Å². The number of hydrogen-bond acceptors (Lipinski definition) is 4. The second-order valence-electron chi connectivity index (χ2n) is 4.34. The molecule has 0 saturated carbocycles. The Balaban J connectivity index is 1.98. The molecule has 0 N–H and O–H groups in total. The van der Waals surface area contributed by atoms with Crippen molar-refractivity contribution in [3.63, 3.8) is 0 Å². The molecule has 1 aliphatic rings. The molecule has 0 unspecified atom stereocenters. The van der Waals surface area contributed by atoms with E-state index >= 15 is 0 Å². The zero-order valence-corrected chi connectivity index (χ0v) is 10.5. The van der Waals surface area contributed by atoms with Gasteiger partial charge in [-0.1, -0.05) is 0 Å². The Bertz CT molecular complexity index is 433. The Morgan fingerprint density at radius 1 is 1.33 bits per heavy atom. The molecule has 1 heterocycles. The Morgan fingerprint density at radius 2 is 2.11 bits per heavy atom. The smallest absolute Gasteiger partial charge is 0.162 e. The maximum atomic E-state index is 8.82. The Morgan fingerprint density at radius 3 is 2.78 bits per heavy atom. The van der Waals surface area contributed by atoms with Gasteiger partial charge in [0, 0.05) is 19.3 Å². The first-order valence-electron chi connectivity index (χ1n) is 6.12. The largest absolute Gasteiger partial charge is 0.493 e. The molecular formula is C14H17NO3. The van der Waals surface area contributed by atoms with Crippen molar-refractivity contribution < 1.29 is 14.2 Å². The molecule has 96 valence electrons. The fourth-order valence-electron chi connectivity index (χ4n) is 1.98. The van der Waals surface area contributed by atoms with Gasteiger partial charge in [-0.15, -0.1) is 0 Å². The molecule has 1 aromatic carbocycles. The fourth-order valence-corrected chi connectivity index (χ4v) is 1.98. The normalized spacial score (nSPS) is 16.0. The maximum absolute atomic E-state index is 8.82. The summed E-state index contributed by atoms with van der Waals surface area (Å²) in [6.45, 7) is 2.31. The van der Waals surface area contributed by atoms with Crippen LogP contribution in [0.1, 0.15) is 18.4 Å². The molecule has 0 amide bonds. The second kappa shape index (κ2) is 6.27. The summed E-state index contributed by atoms with van der Waals surface area (Å²) in [5.41, 5.74) is 0.574. The van der Waals surface area contributed by atoms with Gasteiger partial charge in [-0.25, -0.2) is 0 Å². The van der Waals surface area contributed by atoms with Crippen molar-refractivity contribution in [2.45, 2.75) is 12.8 Å². The highest BCUT2D eigenvalue weighted by Crippen LogP contribution is 2.29. The molecule has 1 aromatic rings. The Kier molecular flexibility index (Phi) is 4.43. The molecule has 0 radical (unpaired) electrons. The van der Waals surface area contributed by atoms with Gasteiger partial charge in [-0.3, -0.25) is 0 Å².